The molecular weight excluding hydrogens is 524 g/mol. The van der Waals surface area contributed by atoms with Crippen LogP contribution in [0.3, 0.4) is 0 Å². The molecule has 9 heteroatoms. The number of benzene rings is 1. The number of carbonyl (C=O) groups is 1. The lowest BCUT2D eigenvalue weighted by Crippen LogP contribution is -2.53. The van der Waals surface area contributed by atoms with Gasteiger partial charge < -0.3 is 21.1 Å². The molecule has 1 saturated carbocycles. The summed E-state index contributed by atoms with van der Waals surface area (Å²) in [5.74, 6) is 0.573. The van der Waals surface area contributed by atoms with E-state index < -0.39 is 27.6 Å². The Labute approximate surface area is 239 Å². The van der Waals surface area contributed by atoms with Crippen LogP contribution in [-0.2, 0) is 21.2 Å². The van der Waals surface area contributed by atoms with E-state index in [0.717, 1.165) is 41.2 Å². The number of nitrogens with zero attached hydrogens (tertiary/aromatic N) is 1. The molecular formula is C31H44N4O4S. The summed E-state index contributed by atoms with van der Waals surface area (Å²) in [7, 11) is -1.91. The minimum atomic E-state index is -3.49. The number of sulfonamides is 1. The first-order chi connectivity index (χ1) is 19.1. The maximum absolute atomic E-state index is 14.2. The molecule has 5 rings (SSSR count). The molecule has 1 aromatic carbocycles. The first-order valence-corrected chi connectivity index (χ1v) is 16.4. The third kappa shape index (κ3) is 5.87. The lowest BCUT2D eigenvalue weighted by Gasteiger charge is -2.36. The summed E-state index contributed by atoms with van der Waals surface area (Å²) in [5.41, 5.74) is 3.35. The van der Waals surface area contributed by atoms with Crippen molar-refractivity contribution in [3.63, 3.8) is 0 Å². The molecule has 0 saturated heterocycles. The lowest BCUT2D eigenvalue weighted by atomic mass is 9.76. The Morgan fingerprint density at radius 3 is 2.60 bits per heavy atom. The van der Waals surface area contributed by atoms with Gasteiger partial charge in [0.25, 0.3) is 0 Å². The Balaban J connectivity index is 1.40. The van der Waals surface area contributed by atoms with Crippen molar-refractivity contribution in [3.05, 3.63) is 70.6 Å². The zero-order chi connectivity index (χ0) is 28.5. The van der Waals surface area contributed by atoms with E-state index in [4.69, 9.17) is 0 Å². The zero-order valence-electron chi connectivity index (χ0n) is 23.9. The summed E-state index contributed by atoms with van der Waals surface area (Å²) in [6.07, 6.45) is 9.01. The van der Waals surface area contributed by atoms with Crippen molar-refractivity contribution in [1.29, 1.82) is 0 Å². The third-order valence-corrected chi connectivity index (χ3v) is 11.1. The second-order valence-electron chi connectivity index (χ2n) is 12.0. The second kappa shape index (κ2) is 11.7. The average molecular weight is 569 g/mol. The molecule has 1 amide bonds. The van der Waals surface area contributed by atoms with E-state index in [1.807, 2.05) is 49.4 Å². The van der Waals surface area contributed by atoms with Gasteiger partial charge in [-0.25, -0.2) is 8.42 Å². The third-order valence-electron chi connectivity index (χ3n) is 9.30. The van der Waals surface area contributed by atoms with Gasteiger partial charge >= 0.3 is 0 Å². The van der Waals surface area contributed by atoms with Crippen molar-refractivity contribution in [1.82, 2.24) is 20.3 Å². The van der Waals surface area contributed by atoms with Crippen LogP contribution in [-0.4, -0.2) is 67.8 Å². The topological polar surface area (TPSA) is 111 Å². The zero-order valence-corrected chi connectivity index (χ0v) is 24.8. The summed E-state index contributed by atoms with van der Waals surface area (Å²) in [4.78, 5) is 14.2. The fourth-order valence-corrected chi connectivity index (χ4v) is 7.69. The second-order valence-corrected chi connectivity index (χ2v) is 14.2. The lowest BCUT2D eigenvalue weighted by molar-refractivity contribution is -0.128. The number of carbonyl (C=O) groups excluding carboxylic acids is 1. The van der Waals surface area contributed by atoms with Gasteiger partial charge in [0, 0.05) is 37.4 Å². The number of amides is 1. The first kappa shape index (κ1) is 28.9. The Hall–Kier alpha value is -2.62. The van der Waals surface area contributed by atoms with Crippen LogP contribution in [0.1, 0.15) is 57.9 Å². The van der Waals surface area contributed by atoms with Crippen LogP contribution in [0.2, 0.25) is 0 Å². The summed E-state index contributed by atoms with van der Waals surface area (Å²) < 4.78 is 27.3. The molecule has 0 aromatic heterocycles. The first-order valence-electron chi connectivity index (χ1n) is 14.8. The van der Waals surface area contributed by atoms with Crippen LogP contribution in [0.15, 0.2) is 65.0 Å². The van der Waals surface area contributed by atoms with Crippen molar-refractivity contribution in [3.8, 4) is 0 Å². The molecule has 2 heterocycles. The highest BCUT2D eigenvalue weighted by Gasteiger charge is 2.44. The number of likely N-dealkylation sites (N-methyl/N-ethyl adjacent to an activating group) is 1. The minimum absolute atomic E-state index is 0.0538. The number of hydrogen-bond acceptors (Lipinski definition) is 6. The van der Waals surface area contributed by atoms with Crippen LogP contribution in [0.5, 0.6) is 0 Å². The molecule has 8 nitrogen and oxygen atoms in total. The van der Waals surface area contributed by atoms with E-state index in [-0.39, 0.29) is 11.7 Å². The van der Waals surface area contributed by atoms with E-state index in [1.165, 1.54) is 17.1 Å². The number of hydrogen-bond donors (Lipinski definition) is 4. The SMILES string of the molecule is CCC1(C(=O)N[C@@H](Cc2ccccc2)[C@H](O)CNC2CCC(C)CC2)C=C2NCC3=C2C(=C1)N(C)S(=O)(=O)CC3. The summed E-state index contributed by atoms with van der Waals surface area (Å²) >= 11 is 0. The van der Waals surface area contributed by atoms with E-state index in [9.17, 15) is 18.3 Å². The molecule has 40 heavy (non-hydrogen) atoms. The van der Waals surface area contributed by atoms with Crippen molar-refractivity contribution in [2.45, 2.75) is 77.0 Å². The Morgan fingerprint density at radius 2 is 1.90 bits per heavy atom. The quantitative estimate of drug-likeness (QED) is 0.365. The molecule has 1 aromatic rings. The molecule has 1 fully saturated rings. The van der Waals surface area contributed by atoms with Gasteiger partial charge in [-0.3, -0.25) is 9.10 Å². The number of aliphatic hydroxyl groups excluding tert-OH is 1. The predicted molar refractivity (Wildman–Crippen MR) is 158 cm³/mol. The van der Waals surface area contributed by atoms with Gasteiger partial charge in [-0.1, -0.05) is 44.2 Å². The number of nitrogens with one attached hydrogen (secondary N) is 3. The summed E-state index contributed by atoms with van der Waals surface area (Å²) in [6.45, 7) is 5.22. The number of rotatable bonds is 9. The van der Waals surface area contributed by atoms with E-state index in [0.29, 0.717) is 44.1 Å². The van der Waals surface area contributed by atoms with E-state index >= 15 is 0 Å². The number of aliphatic hydroxyl groups is 1. The highest BCUT2D eigenvalue weighted by Crippen LogP contribution is 2.44. The molecule has 2 aliphatic carbocycles. The standard InChI is InChI=1S/C31H44N4O4S/c1-4-31(17-26-29-23(19-33-26)14-15-40(38,39)35(3)27(29)18-31)30(37)34-25(16-22-8-6-5-7-9-22)28(36)20-32-24-12-10-21(2)11-13-24/h5-9,17-18,21,24-25,28,32-33,36H,4,10-16,19-20H2,1-3H3,(H,34,37)/t21?,24?,25-,28+,31?/m0/s1. The van der Waals surface area contributed by atoms with Crippen molar-refractivity contribution >= 4 is 15.9 Å². The molecule has 4 aliphatic rings. The predicted octanol–water partition coefficient (Wildman–Crippen LogP) is 2.99. The van der Waals surface area contributed by atoms with Crippen LogP contribution < -0.4 is 16.0 Å². The van der Waals surface area contributed by atoms with Crippen LogP contribution >= 0.6 is 0 Å². The maximum Gasteiger partial charge on any atom is 0.235 e. The molecule has 218 valence electrons. The Kier molecular flexibility index (Phi) is 8.45. The maximum atomic E-state index is 14.2. The largest absolute Gasteiger partial charge is 0.390 e. The van der Waals surface area contributed by atoms with Gasteiger partial charge in [0.05, 0.1) is 29.0 Å². The smallest absolute Gasteiger partial charge is 0.235 e. The Morgan fingerprint density at radius 1 is 1.18 bits per heavy atom. The van der Waals surface area contributed by atoms with Gasteiger partial charge in [0.1, 0.15) is 0 Å². The van der Waals surface area contributed by atoms with Crippen LogP contribution in [0.25, 0.3) is 0 Å². The molecule has 1 unspecified atom stereocenters. The molecule has 0 bridgehead atoms. The fourth-order valence-electron chi connectivity index (χ4n) is 6.47. The van der Waals surface area contributed by atoms with Crippen LogP contribution in [0.4, 0.5) is 0 Å². The summed E-state index contributed by atoms with van der Waals surface area (Å²) in [6, 6.07) is 9.77. The molecule has 0 radical (unpaired) electrons. The normalized spacial score (nSPS) is 28.9. The monoisotopic (exact) mass is 568 g/mol. The molecule has 2 aliphatic heterocycles. The van der Waals surface area contributed by atoms with Crippen LogP contribution in [0, 0.1) is 11.3 Å². The van der Waals surface area contributed by atoms with E-state index in [1.54, 1.807) is 7.05 Å². The van der Waals surface area contributed by atoms with Crippen molar-refractivity contribution < 1.29 is 18.3 Å². The van der Waals surface area contributed by atoms with Gasteiger partial charge in [0.15, 0.2) is 0 Å². The fraction of sp³-hybridized carbons (Fsp3) is 0.581. The minimum Gasteiger partial charge on any atom is -0.390 e. The highest BCUT2D eigenvalue weighted by molar-refractivity contribution is 7.89. The van der Waals surface area contributed by atoms with Gasteiger partial charge in [-0.15, -0.1) is 0 Å². The highest BCUT2D eigenvalue weighted by atomic mass is 32.2. The van der Waals surface area contributed by atoms with Gasteiger partial charge in [-0.2, -0.15) is 0 Å². The van der Waals surface area contributed by atoms with Crippen molar-refractivity contribution in [2.75, 3.05) is 25.9 Å². The van der Waals surface area contributed by atoms with Gasteiger partial charge in [0.2, 0.25) is 15.9 Å². The van der Waals surface area contributed by atoms with Gasteiger partial charge in [-0.05, 0) is 74.2 Å². The molecule has 0 spiro atoms. The molecule has 4 N–H and O–H groups in total. The summed E-state index contributed by atoms with van der Waals surface area (Å²) in [5, 5.41) is 21.5. The average Bonchev–Trinajstić information content (AvgIpc) is 3.33. The van der Waals surface area contributed by atoms with Crippen molar-refractivity contribution in [2.24, 2.45) is 11.3 Å². The Bertz CT molecular complexity index is 1300. The molecule has 3 atom stereocenters. The van der Waals surface area contributed by atoms with E-state index in [2.05, 4.69) is 22.9 Å².